The number of aromatic nitrogens is 4. The predicted molar refractivity (Wildman–Crippen MR) is 120 cm³/mol. The van der Waals surface area contributed by atoms with Crippen molar-refractivity contribution in [2.24, 2.45) is 7.05 Å². The third-order valence-corrected chi connectivity index (χ3v) is 6.16. The van der Waals surface area contributed by atoms with Gasteiger partial charge in [0.25, 0.3) is 0 Å². The first-order chi connectivity index (χ1) is 15.2. The Morgan fingerprint density at radius 3 is 2.58 bits per heavy atom. The smallest absolute Gasteiger partial charge is 0.242 e. The minimum absolute atomic E-state index is 0.103. The Kier molecular flexibility index (Phi) is 5.28. The van der Waals surface area contributed by atoms with E-state index in [4.69, 9.17) is 4.98 Å². The number of anilines is 3. The van der Waals surface area contributed by atoms with Gasteiger partial charge in [-0.25, -0.2) is 4.98 Å². The molecule has 3 heterocycles. The lowest BCUT2D eigenvalue weighted by molar-refractivity contribution is -0.120. The van der Waals surface area contributed by atoms with Crippen molar-refractivity contribution in [3.63, 3.8) is 0 Å². The van der Waals surface area contributed by atoms with Gasteiger partial charge in [-0.1, -0.05) is 25.0 Å². The van der Waals surface area contributed by atoms with E-state index in [9.17, 15) is 4.79 Å². The number of hydrogen-bond acceptors (Lipinski definition) is 6. The second kappa shape index (κ2) is 8.37. The topological polar surface area (TPSA) is 88.0 Å². The van der Waals surface area contributed by atoms with E-state index in [0.717, 1.165) is 48.4 Å². The molecule has 2 aliphatic rings. The van der Waals surface area contributed by atoms with E-state index in [-0.39, 0.29) is 11.9 Å². The van der Waals surface area contributed by atoms with Gasteiger partial charge in [0.2, 0.25) is 11.9 Å². The Morgan fingerprint density at radius 2 is 1.90 bits per heavy atom. The largest absolute Gasteiger partial charge is 0.354 e. The van der Waals surface area contributed by atoms with Gasteiger partial charge in [-0.05, 0) is 43.0 Å². The van der Waals surface area contributed by atoms with Crippen molar-refractivity contribution in [1.29, 1.82) is 0 Å². The molecule has 0 spiro atoms. The van der Waals surface area contributed by atoms with Gasteiger partial charge in [0.05, 0.1) is 6.20 Å². The van der Waals surface area contributed by atoms with Crippen molar-refractivity contribution in [3.05, 3.63) is 48.9 Å². The third kappa shape index (κ3) is 4.10. The molecule has 1 saturated carbocycles. The van der Waals surface area contributed by atoms with Crippen LogP contribution in [0.2, 0.25) is 0 Å². The highest BCUT2D eigenvalue weighted by atomic mass is 16.2. The van der Waals surface area contributed by atoms with E-state index in [0.29, 0.717) is 12.0 Å². The summed E-state index contributed by atoms with van der Waals surface area (Å²) >= 11 is 0. The molecule has 3 aromatic rings. The van der Waals surface area contributed by atoms with Crippen LogP contribution in [0, 0.1) is 0 Å². The second-order valence-corrected chi connectivity index (χ2v) is 8.28. The Bertz CT molecular complexity index is 1060. The van der Waals surface area contributed by atoms with Gasteiger partial charge in [0, 0.05) is 43.3 Å². The van der Waals surface area contributed by atoms with Crippen LogP contribution < -0.4 is 15.5 Å². The number of aryl methyl sites for hydroxylation is 1. The Balaban J connectivity index is 1.37. The molecule has 8 heteroatoms. The normalized spacial score (nSPS) is 18.9. The van der Waals surface area contributed by atoms with Crippen molar-refractivity contribution in [3.8, 4) is 11.1 Å². The van der Waals surface area contributed by atoms with Gasteiger partial charge in [-0.15, -0.1) is 0 Å². The quantitative estimate of drug-likeness (QED) is 0.640. The maximum atomic E-state index is 12.5. The lowest BCUT2D eigenvalue weighted by Crippen LogP contribution is -2.46. The van der Waals surface area contributed by atoms with Crippen LogP contribution in [0.15, 0.2) is 48.9 Å². The molecule has 0 bridgehead atoms. The van der Waals surface area contributed by atoms with Crippen LogP contribution in [0.4, 0.5) is 17.5 Å². The van der Waals surface area contributed by atoms with E-state index in [1.807, 2.05) is 37.6 Å². The average Bonchev–Trinajstić information content (AvgIpc) is 3.54. The summed E-state index contributed by atoms with van der Waals surface area (Å²) in [5, 5.41) is 10.5. The van der Waals surface area contributed by atoms with Crippen LogP contribution in [0.1, 0.15) is 32.1 Å². The van der Waals surface area contributed by atoms with Crippen LogP contribution in [-0.4, -0.2) is 44.3 Å². The average molecular weight is 418 g/mol. The summed E-state index contributed by atoms with van der Waals surface area (Å²) in [7, 11) is 1.91. The summed E-state index contributed by atoms with van der Waals surface area (Å²) in [6, 6.07) is 10.3. The molecule has 1 aliphatic heterocycles. The molecule has 160 valence electrons. The van der Waals surface area contributed by atoms with E-state index in [1.54, 1.807) is 10.9 Å². The number of nitrogens with one attached hydrogen (secondary N) is 2. The molecule has 2 fully saturated rings. The number of carbonyl (C=O) groups is 1. The lowest BCUT2D eigenvalue weighted by atomic mass is 10.1. The zero-order valence-corrected chi connectivity index (χ0v) is 17.7. The first kappa shape index (κ1) is 19.5. The maximum absolute atomic E-state index is 12.5. The van der Waals surface area contributed by atoms with Crippen LogP contribution in [0.25, 0.3) is 11.1 Å². The molecule has 1 unspecified atom stereocenters. The number of hydrogen-bond donors (Lipinski definition) is 2. The minimum atomic E-state index is -0.149. The SMILES string of the molecule is Cn1cc(-c2ccc(Nc3nccc(N(C4CCCC4)C4CCNC4=O)n3)cc2)cn1. The highest BCUT2D eigenvalue weighted by Gasteiger charge is 2.36. The molecule has 1 atom stereocenters. The molecule has 8 nitrogen and oxygen atoms in total. The zero-order valence-electron chi connectivity index (χ0n) is 17.7. The Hall–Kier alpha value is -3.42. The standard InChI is InChI=1S/C23H27N7O/c1-29-15-17(14-26-29)16-6-8-18(9-7-16)27-23-25-13-11-21(28-23)30(19-4-2-3-5-19)20-10-12-24-22(20)31/h6-9,11,13-15,19-20H,2-5,10,12H2,1H3,(H,24,31)(H,25,27,28). The van der Waals surface area contributed by atoms with Crippen molar-refractivity contribution in [1.82, 2.24) is 25.1 Å². The summed E-state index contributed by atoms with van der Waals surface area (Å²) < 4.78 is 1.79. The zero-order chi connectivity index (χ0) is 21.2. The summed E-state index contributed by atoms with van der Waals surface area (Å²) in [6.07, 6.45) is 11.0. The molecule has 0 radical (unpaired) electrons. The monoisotopic (exact) mass is 417 g/mol. The van der Waals surface area contributed by atoms with Gasteiger partial charge >= 0.3 is 0 Å². The van der Waals surface area contributed by atoms with Crippen molar-refractivity contribution in [2.75, 3.05) is 16.8 Å². The summed E-state index contributed by atoms with van der Waals surface area (Å²) in [5.74, 6) is 1.46. The highest BCUT2D eigenvalue weighted by molar-refractivity contribution is 5.87. The summed E-state index contributed by atoms with van der Waals surface area (Å²) in [5.41, 5.74) is 3.10. The molecule has 1 amide bonds. The Morgan fingerprint density at radius 1 is 1.10 bits per heavy atom. The molecule has 2 aromatic heterocycles. The van der Waals surface area contributed by atoms with Gasteiger partial charge in [0.1, 0.15) is 11.9 Å². The molecule has 1 aromatic carbocycles. The molecule has 1 saturated heterocycles. The first-order valence-corrected chi connectivity index (χ1v) is 10.9. The molecule has 2 N–H and O–H groups in total. The van der Waals surface area contributed by atoms with Crippen LogP contribution in [0.3, 0.4) is 0 Å². The summed E-state index contributed by atoms with van der Waals surface area (Å²) in [4.78, 5) is 23.9. The number of benzene rings is 1. The van der Waals surface area contributed by atoms with Gasteiger partial charge in [0.15, 0.2) is 0 Å². The first-order valence-electron chi connectivity index (χ1n) is 10.9. The number of nitrogens with zero attached hydrogens (tertiary/aromatic N) is 5. The molecule has 31 heavy (non-hydrogen) atoms. The summed E-state index contributed by atoms with van der Waals surface area (Å²) in [6.45, 7) is 0.728. The number of rotatable bonds is 6. The fourth-order valence-electron chi connectivity index (χ4n) is 4.63. The fourth-order valence-corrected chi connectivity index (χ4v) is 4.63. The lowest BCUT2D eigenvalue weighted by Gasteiger charge is -2.34. The number of amides is 1. The second-order valence-electron chi connectivity index (χ2n) is 8.28. The Labute approximate surface area is 181 Å². The maximum Gasteiger partial charge on any atom is 0.242 e. The van der Waals surface area contributed by atoms with E-state index in [1.165, 1.54) is 12.8 Å². The van der Waals surface area contributed by atoms with Crippen molar-refractivity contribution in [2.45, 2.75) is 44.2 Å². The predicted octanol–water partition coefficient (Wildman–Crippen LogP) is 3.26. The highest BCUT2D eigenvalue weighted by Crippen LogP contribution is 2.31. The van der Waals surface area contributed by atoms with Crippen LogP contribution in [-0.2, 0) is 11.8 Å². The molecular weight excluding hydrogens is 390 g/mol. The van der Waals surface area contributed by atoms with Crippen molar-refractivity contribution < 1.29 is 4.79 Å². The molecular formula is C23H27N7O. The van der Waals surface area contributed by atoms with Gasteiger partial charge in [-0.2, -0.15) is 10.1 Å². The van der Waals surface area contributed by atoms with E-state index >= 15 is 0 Å². The van der Waals surface area contributed by atoms with Crippen molar-refractivity contribution >= 4 is 23.4 Å². The van der Waals surface area contributed by atoms with Gasteiger partial charge in [-0.3, -0.25) is 9.48 Å². The third-order valence-electron chi connectivity index (χ3n) is 6.16. The molecule has 1 aliphatic carbocycles. The van der Waals surface area contributed by atoms with E-state index in [2.05, 4.69) is 37.7 Å². The minimum Gasteiger partial charge on any atom is -0.354 e. The van der Waals surface area contributed by atoms with E-state index < -0.39 is 0 Å². The van der Waals surface area contributed by atoms with Crippen LogP contribution in [0.5, 0.6) is 0 Å². The molecule has 5 rings (SSSR count). The van der Waals surface area contributed by atoms with Gasteiger partial charge < -0.3 is 15.5 Å². The van der Waals surface area contributed by atoms with Crippen LogP contribution >= 0.6 is 0 Å². The fraction of sp³-hybridized carbons (Fsp3) is 0.391. The number of carbonyl (C=O) groups excluding carboxylic acids is 1.